The van der Waals surface area contributed by atoms with Crippen molar-refractivity contribution in [2.45, 2.75) is 84.5 Å². The van der Waals surface area contributed by atoms with Crippen LogP contribution in [0.2, 0.25) is 0 Å². The first-order chi connectivity index (χ1) is 53.1. The fraction of sp³-hybridized carbons (Fsp3) is 0.126. The topological polar surface area (TPSA) is 79.9 Å². The fourth-order valence-electron chi connectivity index (χ4n) is 18.7. The first-order valence-corrected chi connectivity index (χ1v) is 39.4. The van der Waals surface area contributed by atoms with Crippen molar-refractivity contribution in [2.75, 3.05) is 0 Å². The van der Waals surface area contributed by atoms with Gasteiger partial charge in [-0.15, -0.1) is 0 Å². The molecule has 0 spiro atoms. The highest BCUT2D eigenvalue weighted by Gasteiger charge is 2.46. The minimum atomic E-state index is -1.48. The van der Waals surface area contributed by atoms with E-state index in [4.69, 9.17) is 13.3 Å². The Morgan fingerprint density at radius 1 is 0.234 bits per heavy atom. The third-order valence-corrected chi connectivity index (χ3v) is 25.6. The molecular formula is C103H79BBr2O5. The number of halogens is 2. The van der Waals surface area contributed by atoms with Crippen LogP contribution >= 0.6 is 31.9 Å². The molecule has 4 aliphatic rings. The van der Waals surface area contributed by atoms with Gasteiger partial charge in [0.05, 0.1) is 0 Å². The van der Waals surface area contributed by atoms with Crippen LogP contribution in [0, 0.1) is 0 Å². The van der Waals surface area contributed by atoms with Crippen molar-refractivity contribution in [3.63, 3.8) is 0 Å². The summed E-state index contributed by atoms with van der Waals surface area (Å²) in [6.07, 6.45) is 0. The molecule has 4 aliphatic carbocycles. The monoisotopic (exact) mass is 1560 g/mol. The molecule has 111 heavy (non-hydrogen) atoms. The summed E-state index contributed by atoms with van der Waals surface area (Å²) in [4.78, 5) is 0. The Hall–Kier alpha value is -11.4. The van der Waals surface area contributed by atoms with Gasteiger partial charge in [0.2, 0.25) is 0 Å². The van der Waals surface area contributed by atoms with E-state index in [9.17, 15) is 10.0 Å². The standard InChI is InChI=1S/C60H42O2.C24H20Br2.C18H13BO3.CH4/c1-59(2)49-23-24-50-58(57(49)43-21-15-41(33-51(43)59)39-19-27-55-47(31-39)45-29-37(17-25-53(45)61-55)35-11-7-5-8-12-35)44-22-16-42(34-52(44)60(50,3)4)40-20-28-56-48(32-40)46-30-38(18-26-54(46)62-56)36-13-9-6-10-14-36;1-23(2)17-9-10-18-22(21(17)15-7-5-13(25)11-19(15)23)16-8-6-14(26)12-20(16)24(18,3)4;20-19(21)14-7-9-18-16(11-14)15-10-13(6-8-17(15)22-18)12-4-2-1-3-5-12;/h5-34H,1-4H3;5-12H,1-4H3;1-11,20-21H;1H4. The average Bonchev–Trinajstić information content (AvgIpc) is 1.52. The molecule has 18 aromatic rings. The second-order valence-corrected chi connectivity index (χ2v) is 34.1. The van der Waals surface area contributed by atoms with Gasteiger partial charge in [-0.2, -0.15) is 0 Å². The molecule has 538 valence electrons. The molecule has 3 heterocycles. The molecule has 2 N–H and O–H groups in total. The first-order valence-electron chi connectivity index (χ1n) is 37.8. The Labute approximate surface area is 663 Å². The molecule has 5 nitrogen and oxygen atoms in total. The predicted molar refractivity (Wildman–Crippen MR) is 471 cm³/mol. The highest BCUT2D eigenvalue weighted by molar-refractivity contribution is 9.10. The van der Waals surface area contributed by atoms with E-state index in [-0.39, 0.29) is 29.1 Å². The third-order valence-electron chi connectivity index (χ3n) is 24.6. The predicted octanol–water partition coefficient (Wildman–Crippen LogP) is 28.2. The van der Waals surface area contributed by atoms with E-state index in [1.165, 1.54) is 134 Å². The van der Waals surface area contributed by atoms with Crippen LogP contribution in [0.1, 0.15) is 107 Å². The van der Waals surface area contributed by atoms with Crippen LogP contribution in [0.3, 0.4) is 0 Å². The number of fused-ring (bicyclic) bond motifs is 23. The quantitative estimate of drug-likeness (QED) is 0.162. The molecule has 0 saturated heterocycles. The van der Waals surface area contributed by atoms with Crippen molar-refractivity contribution in [3.05, 3.63) is 351 Å². The molecule has 0 aliphatic heterocycles. The summed E-state index contributed by atoms with van der Waals surface area (Å²) in [6, 6.07) is 106. The molecule has 0 unspecified atom stereocenters. The number of hydrogen-bond acceptors (Lipinski definition) is 5. The van der Waals surface area contributed by atoms with Gasteiger partial charge in [0.1, 0.15) is 33.5 Å². The third kappa shape index (κ3) is 11.1. The second kappa shape index (κ2) is 25.9. The summed E-state index contributed by atoms with van der Waals surface area (Å²) in [5, 5.41) is 25.1. The SMILES string of the molecule is C.CC1(C)c2cc(-c3ccc4oc5ccc(-c6ccccc6)cc5c4c3)ccc2-c2c1ccc1c2-c2ccc(-c3ccc4oc5ccc(-c6ccccc6)cc5c4c3)cc2C1(C)C.CC1(C)c2cc(Br)ccc2-c2c1ccc1c2-c2ccc(Br)cc2C1(C)C.OB(O)c1ccc2oc3ccc(-c4ccccc4)cc3c2c1. The van der Waals surface area contributed by atoms with Gasteiger partial charge in [-0.05, 0) is 253 Å². The summed E-state index contributed by atoms with van der Waals surface area (Å²) < 4.78 is 20.8. The zero-order valence-electron chi connectivity index (χ0n) is 62.2. The molecule has 3 aromatic heterocycles. The van der Waals surface area contributed by atoms with Gasteiger partial charge in [-0.1, -0.05) is 289 Å². The fourth-order valence-corrected chi connectivity index (χ4v) is 19.4. The minimum absolute atomic E-state index is 0. The Kier molecular flexibility index (Phi) is 16.3. The Morgan fingerprint density at radius 2 is 0.468 bits per heavy atom. The van der Waals surface area contributed by atoms with Crippen LogP contribution in [-0.2, 0) is 21.7 Å². The van der Waals surface area contributed by atoms with E-state index < -0.39 is 7.12 Å². The molecule has 0 atom stereocenters. The summed E-state index contributed by atoms with van der Waals surface area (Å²) in [5.41, 5.74) is 39.6. The zero-order valence-corrected chi connectivity index (χ0v) is 65.4. The molecule has 0 amide bonds. The van der Waals surface area contributed by atoms with Gasteiger partial charge in [-0.25, -0.2) is 0 Å². The number of hydrogen-bond donors (Lipinski definition) is 2. The average molecular weight is 1570 g/mol. The maximum Gasteiger partial charge on any atom is 0.488 e. The Bertz CT molecular complexity index is 6560. The van der Waals surface area contributed by atoms with E-state index in [1.54, 1.807) is 18.2 Å². The van der Waals surface area contributed by atoms with Crippen LogP contribution in [0.15, 0.2) is 319 Å². The number of benzene rings is 15. The van der Waals surface area contributed by atoms with Gasteiger partial charge in [0, 0.05) is 62.9 Å². The smallest absolute Gasteiger partial charge is 0.456 e. The van der Waals surface area contributed by atoms with E-state index in [0.29, 0.717) is 5.46 Å². The lowest BCUT2D eigenvalue weighted by Gasteiger charge is -2.24. The van der Waals surface area contributed by atoms with Crippen LogP contribution in [0.4, 0.5) is 0 Å². The van der Waals surface area contributed by atoms with Gasteiger partial charge in [0.25, 0.3) is 0 Å². The van der Waals surface area contributed by atoms with Gasteiger partial charge < -0.3 is 23.3 Å². The van der Waals surface area contributed by atoms with Crippen LogP contribution < -0.4 is 5.46 Å². The van der Waals surface area contributed by atoms with Gasteiger partial charge in [0.15, 0.2) is 0 Å². The van der Waals surface area contributed by atoms with E-state index in [1.807, 2.05) is 30.3 Å². The van der Waals surface area contributed by atoms with E-state index in [0.717, 1.165) is 85.9 Å². The van der Waals surface area contributed by atoms with Gasteiger partial charge >= 0.3 is 7.12 Å². The maximum absolute atomic E-state index is 9.35. The van der Waals surface area contributed by atoms with Gasteiger partial charge in [-0.3, -0.25) is 0 Å². The van der Waals surface area contributed by atoms with E-state index >= 15 is 0 Å². The summed E-state index contributed by atoms with van der Waals surface area (Å²) in [5.74, 6) is 0. The second-order valence-electron chi connectivity index (χ2n) is 32.3. The summed E-state index contributed by atoms with van der Waals surface area (Å²) in [7, 11) is -1.48. The lowest BCUT2D eigenvalue weighted by Crippen LogP contribution is -2.29. The largest absolute Gasteiger partial charge is 0.488 e. The van der Waals surface area contributed by atoms with Crippen LogP contribution in [-0.4, -0.2) is 17.2 Å². The Morgan fingerprint density at radius 3 is 0.757 bits per heavy atom. The van der Waals surface area contributed by atoms with Crippen molar-refractivity contribution < 1.29 is 23.3 Å². The molecule has 8 heteroatoms. The molecule has 0 radical (unpaired) electrons. The van der Waals surface area contributed by atoms with Crippen molar-refractivity contribution in [2.24, 2.45) is 0 Å². The van der Waals surface area contributed by atoms with Crippen molar-refractivity contribution in [1.82, 2.24) is 0 Å². The van der Waals surface area contributed by atoms with Crippen molar-refractivity contribution in [3.8, 4) is 100 Å². The van der Waals surface area contributed by atoms with Crippen LogP contribution in [0.5, 0.6) is 0 Å². The molecule has 15 aromatic carbocycles. The zero-order chi connectivity index (χ0) is 75.0. The highest BCUT2D eigenvalue weighted by Crippen LogP contribution is 2.62. The summed E-state index contributed by atoms with van der Waals surface area (Å²) >= 11 is 7.34. The number of furan rings is 3. The maximum atomic E-state index is 9.35. The molecular weight excluding hydrogens is 1490 g/mol. The minimum Gasteiger partial charge on any atom is -0.456 e. The van der Waals surface area contributed by atoms with Crippen molar-refractivity contribution in [1.29, 1.82) is 0 Å². The Balaban J connectivity index is 0.000000138. The number of rotatable bonds is 6. The first kappa shape index (κ1) is 70.1. The summed E-state index contributed by atoms with van der Waals surface area (Å²) in [6.45, 7) is 19.0. The van der Waals surface area contributed by atoms with Crippen LogP contribution in [0.25, 0.3) is 166 Å². The van der Waals surface area contributed by atoms with E-state index in [2.05, 4.69) is 336 Å². The lowest BCUT2D eigenvalue weighted by atomic mass is 9.79. The van der Waals surface area contributed by atoms with Crippen molar-refractivity contribution >= 4 is 110 Å². The molecule has 0 bridgehead atoms. The lowest BCUT2D eigenvalue weighted by molar-refractivity contribution is 0.426. The molecule has 0 fully saturated rings. The molecule has 0 saturated carbocycles. The molecule has 22 rings (SSSR count). The normalized spacial score (nSPS) is 14.3. The highest BCUT2D eigenvalue weighted by atomic mass is 79.9.